The molecular formula is C26H24F4N6O4S. The molecule has 1 N–H and O–H groups in total. The number of carbonyl (C=O) groups excluding carboxylic acids is 1. The Morgan fingerprint density at radius 2 is 1.85 bits per heavy atom. The second kappa shape index (κ2) is 10.7. The third-order valence-corrected chi connectivity index (χ3v) is 7.65. The third-order valence-electron chi connectivity index (χ3n) is 6.72. The van der Waals surface area contributed by atoms with Gasteiger partial charge in [0, 0.05) is 42.9 Å². The smallest absolute Gasteiger partial charge is 0.358 e. The zero-order valence-corrected chi connectivity index (χ0v) is 22.5. The number of aryl methyl sites for hydroxylation is 1. The molecule has 3 aromatic heterocycles. The van der Waals surface area contributed by atoms with Crippen molar-refractivity contribution in [1.29, 1.82) is 0 Å². The average molecular weight is 593 g/mol. The maximum absolute atomic E-state index is 14.8. The number of amides is 1. The van der Waals surface area contributed by atoms with Crippen molar-refractivity contribution in [2.75, 3.05) is 17.3 Å². The van der Waals surface area contributed by atoms with E-state index < -0.39 is 33.2 Å². The van der Waals surface area contributed by atoms with Gasteiger partial charge in [0.05, 0.1) is 24.9 Å². The lowest BCUT2D eigenvalue weighted by Crippen LogP contribution is -2.28. The van der Waals surface area contributed by atoms with Crippen molar-refractivity contribution in [3.63, 3.8) is 0 Å². The van der Waals surface area contributed by atoms with Gasteiger partial charge in [-0.15, -0.1) is 0 Å². The lowest BCUT2D eigenvalue weighted by Gasteiger charge is -2.14. The second-order valence-electron chi connectivity index (χ2n) is 9.99. The van der Waals surface area contributed by atoms with Crippen molar-refractivity contribution in [2.24, 2.45) is 0 Å². The van der Waals surface area contributed by atoms with Crippen molar-refractivity contribution in [3.8, 4) is 11.1 Å². The molecule has 1 fully saturated rings. The first-order valence-corrected chi connectivity index (χ1v) is 14.5. The number of aromatic nitrogens is 5. The summed E-state index contributed by atoms with van der Waals surface area (Å²) in [5.41, 5.74) is -0.155. The average Bonchev–Trinajstić information content (AvgIpc) is 3.40. The summed E-state index contributed by atoms with van der Waals surface area (Å²) < 4.78 is 83.6. The molecule has 1 aliphatic carbocycles. The van der Waals surface area contributed by atoms with Gasteiger partial charge >= 0.3 is 6.18 Å². The number of sulfone groups is 1. The maximum Gasteiger partial charge on any atom is 0.401 e. The number of benzene rings is 1. The first-order chi connectivity index (χ1) is 19.3. The number of halogens is 4. The molecule has 1 amide bonds. The van der Waals surface area contributed by atoms with E-state index in [-0.39, 0.29) is 48.7 Å². The SMILES string of the molecule is CS(=O)(=O)CCn1cc(Cc2ncc(-c3ccc(CC(=O)Nc4cc(C5(C(F)(F)F)CC5)on4)c(F)c3)cn2)cn1. The van der Waals surface area contributed by atoms with E-state index in [1.165, 1.54) is 29.2 Å². The van der Waals surface area contributed by atoms with Crippen LogP contribution in [0.2, 0.25) is 0 Å². The molecule has 1 aliphatic rings. The predicted octanol–water partition coefficient (Wildman–Crippen LogP) is 3.88. The molecule has 0 aliphatic heterocycles. The molecule has 0 radical (unpaired) electrons. The molecule has 5 rings (SSSR count). The summed E-state index contributed by atoms with van der Waals surface area (Å²) in [6.45, 7) is 0.242. The van der Waals surface area contributed by atoms with Crippen molar-refractivity contribution >= 4 is 21.6 Å². The molecule has 0 spiro atoms. The molecular weight excluding hydrogens is 568 g/mol. The van der Waals surface area contributed by atoms with Gasteiger partial charge in [0.25, 0.3) is 0 Å². The summed E-state index contributed by atoms with van der Waals surface area (Å²) >= 11 is 0. The molecule has 3 heterocycles. The highest BCUT2D eigenvalue weighted by atomic mass is 32.2. The Balaban J connectivity index is 1.18. The Labute approximate surface area is 231 Å². The topological polar surface area (TPSA) is 133 Å². The van der Waals surface area contributed by atoms with Gasteiger partial charge in [-0.25, -0.2) is 22.8 Å². The molecule has 15 heteroatoms. The lowest BCUT2D eigenvalue weighted by atomic mass is 10.0. The van der Waals surface area contributed by atoms with Crippen LogP contribution in [0.4, 0.5) is 23.4 Å². The van der Waals surface area contributed by atoms with Crippen molar-refractivity contribution < 1.29 is 35.3 Å². The van der Waals surface area contributed by atoms with Crippen LogP contribution in [-0.4, -0.2) is 57.4 Å². The van der Waals surface area contributed by atoms with E-state index in [2.05, 4.69) is 25.5 Å². The highest BCUT2D eigenvalue weighted by Gasteiger charge is 2.66. The number of nitrogens with one attached hydrogen (secondary N) is 1. The van der Waals surface area contributed by atoms with Crippen molar-refractivity contribution in [2.45, 2.75) is 43.8 Å². The molecule has 41 heavy (non-hydrogen) atoms. The number of carbonyl (C=O) groups is 1. The van der Waals surface area contributed by atoms with Crippen LogP contribution in [0.15, 0.2) is 53.6 Å². The van der Waals surface area contributed by atoms with E-state index in [0.29, 0.717) is 23.4 Å². The molecule has 0 bridgehead atoms. The van der Waals surface area contributed by atoms with Gasteiger partial charge in [0.2, 0.25) is 5.91 Å². The summed E-state index contributed by atoms with van der Waals surface area (Å²) in [5, 5.41) is 9.99. The Morgan fingerprint density at radius 3 is 2.49 bits per heavy atom. The van der Waals surface area contributed by atoms with Gasteiger partial charge < -0.3 is 9.84 Å². The van der Waals surface area contributed by atoms with E-state index in [4.69, 9.17) is 4.52 Å². The second-order valence-corrected chi connectivity index (χ2v) is 12.3. The maximum atomic E-state index is 14.8. The molecule has 10 nitrogen and oxygen atoms in total. The number of anilines is 1. The molecule has 0 unspecified atom stereocenters. The van der Waals surface area contributed by atoms with Crippen LogP contribution in [0.25, 0.3) is 11.1 Å². The van der Waals surface area contributed by atoms with Crippen molar-refractivity contribution in [1.82, 2.24) is 24.9 Å². The summed E-state index contributed by atoms with van der Waals surface area (Å²) in [6, 6.07) is 5.32. The minimum absolute atomic E-state index is 0.0201. The van der Waals surface area contributed by atoms with Crippen LogP contribution < -0.4 is 5.32 Å². The van der Waals surface area contributed by atoms with Gasteiger partial charge in [0.15, 0.2) is 11.6 Å². The van der Waals surface area contributed by atoms with Crippen LogP contribution in [0, 0.1) is 5.82 Å². The first-order valence-electron chi connectivity index (χ1n) is 12.4. The molecule has 216 valence electrons. The largest absolute Gasteiger partial charge is 0.401 e. The number of hydrogen-bond acceptors (Lipinski definition) is 8. The Kier molecular flexibility index (Phi) is 7.40. The van der Waals surface area contributed by atoms with Gasteiger partial charge in [-0.2, -0.15) is 18.3 Å². The number of nitrogens with zero attached hydrogens (tertiary/aromatic N) is 5. The monoisotopic (exact) mass is 592 g/mol. The van der Waals surface area contributed by atoms with Gasteiger partial charge in [-0.1, -0.05) is 17.3 Å². The molecule has 0 saturated heterocycles. The third kappa shape index (κ3) is 6.61. The van der Waals surface area contributed by atoms with E-state index in [1.807, 2.05) is 0 Å². The van der Waals surface area contributed by atoms with Crippen LogP contribution in [0.5, 0.6) is 0 Å². The number of hydrogen-bond donors (Lipinski definition) is 1. The van der Waals surface area contributed by atoms with Gasteiger partial charge in [0.1, 0.15) is 26.9 Å². The quantitative estimate of drug-likeness (QED) is 0.275. The van der Waals surface area contributed by atoms with Gasteiger partial charge in [-0.05, 0) is 35.6 Å². The standard InChI is InChI=1S/C26H24F4N6O4S/c1-41(38,39)7-6-36-15-16(12-33-36)8-22-31-13-19(14-32-22)17-2-3-18(20(27)9-17)10-24(37)34-23-11-21(40-35-23)25(4-5-25)26(28,29)30/h2-3,9,11-15H,4-8,10H2,1H3,(H,34,35,37). The predicted molar refractivity (Wildman–Crippen MR) is 138 cm³/mol. The summed E-state index contributed by atoms with van der Waals surface area (Å²) in [4.78, 5) is 21.0. The fraction of sp³-hybridized carbons (Fsp3) is 0.346. The molecule has 4 aromatic rings. The van der Waals surface area contributed by atoms with Crippen LogP contribution in [0.3, 0.4) is 0 Å². The summed E-state index contributed by atoms with van der Waals surface area (Å²) in [7, 11) is -3.10. The lowest BCUT2D eigenvalue weighted by molar-refractivity contribution is -0.165. The molecule has 1 aromatic carbocycles. The highest BCUT2D eigenvalue weighted by molar-refractivity contribution is 7.90. The minimum Gasteiger partial charge on any atom is -0.358 e. The van der Waals surface area contributed by atoms with Crippen molar-refractivity contribution in [3.05, 3.63) is 77.6 Å². The minimum atomic E-state index is -4.47. The number of rotatable bonds is 10. The fourth-order valence-corrected chi connectivity index (χ4v) is 4.76. The fourth-order valence-electron chi connectivity index (χ4n) is 4.24. The van der Waals surface area contributed by atoms with Crippen LogP contribution in [0.1, 0.15) is 35.6 Å². The zero-order valence-electron chi connectivity index (χ0n) is 21.7. The van der Waals surface area contributed by atoms with E-state index in [0.717, 1.165) is 17.9 Å². The first kappa shape index (κ1) is 28.4. The van der Waals surface area contributed by atoms with Crippen LogP contribution >= 0.6 is 0 Å². The zero-order chi connectivity index (χ0) is 29.4. The summed E-state index contributed by atoms with van der Waals surface area (Å²) in [6.07, 6.45) is 2.87. The normalized spacial score (nSPS) is 14.7. The van der Waals surface area contributed by atoms with E-state index in [1.54, 1.807) is 18.5 Å². The summed E-state index contributed by atoms with van der Waals surface area (Å²) in [5.74, 6) is -1.38. The highest BCUT2D eigenvalue weighted by Crippen LogP contribution is 2.59. The number of alkyl halides is 3. The van der Waals surface area contributed by atoms with E-state index >= 15 is 0 Å². The Morgan fingerprint density at radius 1 is 1.12 bits per heavy atom. The van der Waals surface area contributed by atoms with E-state index in [9.17, 15) is 30.8 Å². The van der Waals surface area contributed by atoms with Gasteiger partial charge in [-0.3, -0.25) is 9.48 Å². The van der Waals surface area contributed by atoms with Crippen LogP contribution in [-0.2, 0) is 39.4 Å². The Bertz CT molecular complexity index is 1680. The Hall–Kier alpha value is -4.14. The molecule has 1 saturated carbocycles. The molecule has 0 atom stereocenters.